The highest BCUT2D eigenvalue weighted by atomic mass is 16.6. The molecule has 0 radical (unpaired) electrons. The van der Waals surface area contributed by atoms with Gasteiger partial charge < -0.3 is 14.2 Å². The maximum absolute atomic E-state index is 12.9. The van der Waals surface area contributed by atoms with E-state index in [1.165, 1.54) is 51.4 Å². The molecule has 0 spiro atoms. The highest BCUT2D eigenvalue weighted by Gasteiger charge is 2.19. The van der Waals surface area contributed by atoms with E-state index in [9.17, 15) is 14.4 Å². The minimum absolute atomic E-state index is 0.125. The molecule has 71 heavy (non-hydrogen) atoms. The zero-order chi connectivity index (χ0) is 51.4. The van der Waals surface area contributed by atoms with E-state index in [-0.39, 0.29) is 44.0 Å². The topological polar surface area (TPSA) is 78.9 Å². The van der Waals surface area contributed by atoms with Crippen molar-refractivity contribution >= 4 is 17.9 Å². The van der Waals surface area contributed by atoms with Crippen LogP contribution in [-0.4, -0.2) is 37.2 Å². The van der Waals surface area contributed by atoms with Gasteiger partial charge in [-0.25, -0.2) is 0 Å². The fourth-order valence-electron chi connectivity index (χ4n) is 7.13. The third kappa shape index (κ3) is 56.1. The van der Waals surface area contributed by atoms with Crippen molar-refractivity contribution in [3.8, 4) is 0 Å². The Bertz CT molecular complexity index is 1590. The first-order valence-electron chi connectivity index (χ1n) is 28.3. The van der Waals surface area contributed by atoms with Gasteiger partial charge in [0.1, 0.15) is 13.2 Å². The third-order valence-electron chi connectivity index (χ3n) is 11.3. The van der Waals surface area contributed by atoms with Crippen molar-refractivity contribution in [2.75, 3.05) is 13.2 Å². The largest absolute Gasteiger partial charge is 0.462 e. The molecule has 1 atom stereocenters. The van der Waals surface area contributed by atoms with Gasteiger partial charge >= 0.3 is 17.9 Å². The molecule has 0 fully saturated rings. The van der Waals surface area contributed by atoms with E-state index >= 15 is 0 Å². The second-order valence-electron chi connectivity index (χ2n) is 18.1. The van der Waals surface area contributed by atoms with Crippen LogP contribution in [0.1, 0.15) is 226 Å². The van der Waals surface area contributed by atoms with Crippen molar-refractivity contribution in [3.05, 3.63) is 146 Å². The number of carbonyl (C=O) groups excluding carboxylic acids is 3. The molecule has 6 nitrogen and oxygen atoms in total. The maximum atomic E-state index is 12.9. The summed E-state index contributed by atoms with van der Waals surface area (Å²) in [4.78, 5) is 38.1. The number of carbonyl (C=O) groups is 3. The van der Waals surface area contributed by atoms with Crippen molar-refractivity contribution in [1.29, 1.82) is 0 Å². The summed E-state index contributed by atoms with van der Waals surface area (Å²) in [5, 5.41) is 0. The Morgan fingerprint density at radius 3 is 0.972 bits per heavy atom. The highest BCUT2D eigenvalue weighted by Crippen LogP contribution is 2.12. The van der Waals surface area contributed by atoms with Crippen molar-refractivity contribution in [3.63, 3.8) is 0 Å². The second-order valence-corrected chi connectivity index (χ2v) is 18.1. The lowest BCUT2D eigenvalue weighted by Crippen LogP contribution is -2.30. The van der Waals surface area contributed by atoms with Gasteiger partial charge in [-0.1, -0.05) is 224 Å². The van der Waals surface area contributed by atoms with E-state index in [0.717, 1.165) is 122 Å². The van der Waals surface area contributed by atoms with E-state index in [1.54, 1.807) is 0 Å². The van der Waals surface area contributed by atoms with Crippen LogP contribution >= 0.6 is 0 Å². The molecule has 0 aliphatic heterocycles. The van der Waals surface area contributed by atoms with Gasteiger partial charge in [-0.15, -0.1) is 0 Å². The van der Waals surface area contributed by atoms with Crippen LogP contribution in [0.4, 0.5) is 0 Å². The average molecular weight is 980 g/mol. The Kier molecular flexibility index (Phi) is 54.0. The van der Waals surface area contributed by atoms with Crippen LogP contribution in [0.25, 0.3) is 0 Å². The first-order chi connectivity index (χ1) is 35.0. The number of unbranched alkanes of at least 4 members (excludes halogenated alkanes) is 14. The number of hydrogen-bond donors (Lipinski definition) is 0. The summed E-state index contributed by atoms with van der Waals surface area (Å²) in [5.74, 6) is -1.06. The lowest BCUT2D eigenvalue weighted by molar-refractivity contribution is -0.166. The fraction of sp³-hybridized carbons (Fsp3) is 0.585. The van der Waals surface area contributed by atoms with Gasteiger partial charge in [0.25, 0.3) is 0 Å². The predicted octanol–water partition coefficient (Wildman–Crippen LogP) is 19.2. The SMILES string of the molecule is CC/C=C\C/C=C\C/C=C\C/C=C\C/C=C\C/C=C\CCC(=O)OC[C@@H](COC(=O)CCCCCCC/C=C\CCCCCCCC)OC(=O)CCCCC/C=C\C/C=C\C/C=C\C/C=C\C/C=C\CC. The minimum atomic E-state index is -0.836. The van der Waals surface area contributed by atoms with Gasteiger partial charge in [0, 0.05) is 19.3 Å². The molecular weight excluding hydrogens is 877 g/mol. The Morgan fingerprint density at radius 2 is 0.577 bits per heavy atom. The Morgan fingerprint density at radius 1 is 0.296 bits per heavy atom. The first-order valence-corrected chi connectivity index (χ1v) is 28.3. The molecule has 0 saturated heterocycles. The number of ether oxygens (including phenoxy) is 3. The van der Waals surface area contributed by atoms with Crippen LogP contribution in [0.2, 0.25) is 0 Å². The molecule has 0 aromatic heterocycles. The van der Waals surface area contributed by atoms with Gasteiger partial charge in [-0.2, -0.15) is 0 Å². The average Bonchev–Trinajstić information content (AvgIpc) is 3.37. The Hall–Kier alpha value is -4.71. The molecule has 6 heteroatoms. The van der Waals surface area contributed by atoms with Crippen molar-refractivity contribution in [2.24, 2.45) is 0 Å². The first kappa shape index (κ1) is 66.3. The zero-order valence-corrected chi connectivity index (χ0v) is 45.4. The normalized spacial score (nSPS) is 13.2. The molecule has 0 amide bonds. The smallest absolute Gasteiger partial charge is 0.306 e. The molecule has 0 aromatic carbocycles. The molecule has 0 N–H and O–H groups in total. The van der Waals surface area contributed by atoms with E-state index in [1.807, 2.05) is 12.2 Å². The van der Waals surface area contributed by atoms with Crippen LogP contribution < -0.4 is 0 Å². The lowest BCUT2D eigenvalue weighted by atomic mass is 10.1. The molecular formula is C65H102O6. The van der Waals surface area contributed by atoms with Crippen molar-refractivity contribution in [1.82, 2.24) is 0 Å². The third-order valence-corrected chi connectivity index (χ3v) is 11.3. The number of hydrogen-bond acceptors (Lipinski definition) is 6. The number of rotatable bonds is 49. The van der Waals surface area contributed by atoms with E-state index in [4.69, 9.17) is 14.2 Å². The monoisotopic (exact) mass is 979 g/mol. The molecule has 0 aliphatic carbocycles. The molecule has 0 aromatic rings. The van der Waals surface area contributed by atoms with Crippen LogP contribution in [0.15, 0.2) is 146 Å². The molecule has 0 rings (SSSR count). The quantitative estimate of drug-likeness (QED) is 0.0262. The summed E-state index contributed by atoms with van der Waals surface area (Å²) in [6, 6.07) is 0. The van der Waals surface area contributed by atoms with Crippen LogP contribution in [0, 0.1) is 0 Å². The Labute approximate surface area is 436 Å². The van der Waals surface area contributed by atoms with Crippen molar-refractivity contribution in [2.45, 2.75) is 232 Å². The summed E-state index contributed by atoms with van der Waals surface area (Å²) in [7, 11) is 0. The highest BCUT2D eigenvalue weighted by molar-refractivity contribution is 5.71. The van der Waals surface area contributed by atoms with E-state index in [0.29, 0.717) is 19.3 Å². The predicted molar refractivity (Wildman–Crippen MR) is 306 cm³/mol. The molecule has 0 saturated carbocycles. The maximum Gasteiger partial charge on any atom is 0.306 e. The summed E-state index contributed by atoms with van der Waals surface area (Å²) < 4.78 is 16.8. The minimum Gasteiger partial charge on any atom is -0.462 e. The van der Waals surface area contributed by atoms with Crippen molar-refractivity contribution < 1.29 is 28.6 Å². The molecule has 0 bridgehead atoms. The van der Waals surface area contributed by atoms with Gasteiger partial charge in [0.15, 0.2) is 6.10 Å². The van der Waals surface area contributed by atoms with Gasteiger partial charge in [-0.05, 0) is 128 Å². The van der Waals surface area contributed by atoms with E-state index in [2.05, 4.69) is 154 Å². The number of allylic oxidation sites excluding steroid dienone is 24. The van der Waals surface area contributed by atoms with Gasteiger partial charge in [-0.3, -0.25) is 14.4 Å². The fourth-order valence-corrected chi connectivity index (χ4v) is 7.13. The Balaban J connectivity index is 4.61. The molecule has 0 unspecified atom stereocenters. The summed E-state index contributed by atoms with van der Waals surface area (Å²) in [5.41, 5.74) is 0. The van der Waals surface area contributed by atoms with Crippen LogP contribution in [0.5, 0.6) is 0 Å². The lowest BCUT2D eigenvalue weighted by Gasteiger charge is -2.18. The molecule has 0 heterocycles. The second kappa shape index (κ2) is 57.9. The summed E-state index contributed by atoms with van der Waals surface area (Å²) in [6.07, 6.45) is 82.7. The van der Waals surface area contributed by atoms with E-state index < -0.39 is 6.10 Å². The van der Waals surface area contributed by atoms with Crippen LogP contribution in [0.3, 0.4) is 0 Å². The summed E-state index contributed by atoms with van der Waals surface area (Å²) >= 11 is 0. The van der Waals surface area contributed by atoms with Crippen LogP contribution in [-0.2, 0) is 28.6 Å². The zero-order valence-electron chi connectivity index (χ0n) is 45.4. The summed E-state index contributed by atoms with van der Waals surface area (Å²) in [6.45, 7) is 6.29. The molecule has 398 valence electrons. The standard InChI is InChI=1S/C65H102O6/c1-4-7-10-13-16-19-22-25-28-30-32-34-37-40-43-46-49-52-55-58-64(67)70-61-62(60-69-63(66)57-54-51-48-45-42-39-36-27-24-21-18-15-12-9-6-3)71-65(68)59-56-53-50-47-44-41-38-35-33-31-29-26-23-20-17-14-11-8-5-2/h7-8,10-11,16-17,19-20,25-29,32-36,40-41,43-44,49,52,62H,4-6,9,12-15,18,21-24,30-31,37-39,42,45-48,50-51,53-61H2,1-3H3/b10-7-,11-8-,19-16-,20-17-,28-25-,29-26-,34-32-,35-33-,36-27-,43-40-,44-41-,52-49-/t62-/m1/s1. The van der Waals surface area contributed by atoms with Gasteiger partial charge in [0.05, 0.1) is 0 Å². The number of esters is 3. The van der Waals surface area contributed by atoms with Gasteiger partial charge in [0.2, 0.25) is 0 Å². The molecule has 0 aliphatic rings.